The van der Waals surface area contributed by atoms with Gasteiger partial charge in [-0.3, -0.25) is 0 Å². The van der Waals surface area contributed by atoms with E-state index < -0.39 is 7.14 Å². The molecule has 3 heterocycles. The van der Waals surface area contributed by atoms with Crippen LogP contribution >= 0.6 is 7.14 Å². The molecule has 3 N–H and O–H groups in total. The lowest BCUT2D eigenvalue weighted by molar-refractivity contribution is 0.478. The first-order valence-corrected chi connectivity index (χ1v) is 13.1. The van der Waals surface area contributed by atoms with E-state index in [1.165, 1.54) is 17.7 Å². The first-order valence-electron chi connectivity index (χ1n) is 10.5. The summed E-state index contributed by atoms with van der Waals surface area (Å²) in [5.74, 6) is 0.701. The van der Waals surface area contributed by atoms with Gasteiger partial charge < -0.3 is 20.2 Å². The molecule has 1 aliphatic heterocycles. The normalized spacial score (nSPS) is 19.4. The Labute approximate surface area is 171 Å². The van der Waals surface area contributed by atoms with Crippen molar-refractivity contribution in [3.8, 4) is 11.3 Å². The van der Waals surface area contributed by atoms with Gasteiger partial charge in [0.05, 0.1) is 11.2 Å². The third kappa shape index (κ3) is 3.49. The van der Waals surface area contributed by atoms with Gasteiger partial charge in [0.1, 0.15) is 7.14 Å². The van der Waals surface area contributed by atoms with E-state index in [9.17, 15) is 4.57 Å². The fraction of sp³-hybridized carbons (Fsp3) is 0.455. The highest BCUT2D eigenvalue weighted by molar-refractivity contribution is 7.70. The molecule has 6 nitrogen and oxygen atoms in total. The molecule has 1 aliphatic carbocycles. The van der Waals surface area contributed by atoms with Gasteiger partial charge in [-0.15, -0.1) is 0 Å². The van der Waals surface area contributed by atoms with Crippen LogP contribution in [0.15, 0.2) is 24.4 Å². The molecular weight excluding hydrogens is 381 g/mol. The lowest BCUT2D eigenvalue weighted by Crippen LogP contribution is -2.38. The second kappa shape index (κ2) is 7.26. The van der Waals surface area contributed by atoms with Crippen LogP contribution in [-0.2, 0) is 17.4 Å². The van der Waals surface area contributed by atoms with Crippen LogP contribution in [0.4, 0.5) is 5.95 Å². The monoisotopic (exact) mass is 409 g/mol. The Hall–Kier alpha value is -2.17. The second-order valence-electron chi connectivity index (χ2n) is 8.64. The van der Waals surface area contributed by atoms with Crippen molar-refractivity contribution in [3.63, 3.8) is 0 Å². The molecule has 0 radical (unpaired) electrons. The number of benzene rings is 1. The molecular formula is C22H28N5OP. The van der Waals surface area contributed by atoms with E-state index in [1.807, 2.05) is 31.7 Å². The highest BCUT2D eigenvalue weighted by Gasteiger charge is 2.25. The summed E-state index contributed by atoms with van der Waals surface area (Å²) >= 11 is 0. The number of H-pyrrole nitrogens is 1. The number of nitrogens with zero attached hydrogens (tertiary/aromatic N) is 2. The number of para-hydroxylation sites is 1. The minimum Gasteiger partial charge on any atom is -0.357 e. The molecule has 0 unspecified atom stereocenters. The van der Waals surface area contributed by atoms with Crippen LogP contribution in [0.3, 0.4) is 0 Å². The number of anilines is 1. The number of aromatic amines is 1. The Morgan fingerprint density at radius 3 is 2.90 bits per heavy atom. The third-order valence-corrected chi connectivity index (χ3v) is 7.61. The van der Waals surface area contributed by atoms with Crippen molar-refractivity contribution in [2.24, 2.45) is 0 Å². The van der Waals surface area contributed by atoms with Gasteiger partial charge in [0.15, 0.2) is 0 Å². The number of aryl methyl sites for hydroxylation is 2. The average molecular weight is 409 g/mol. The summed E-state index contributed by atoms with van der Waals surface area (Å²) in [7, 11) is -2.38. The standard InChI is InChI=1S/C22H28N5OP/c1-29(2,28)18-10-4-8-16-19-17(26-21(16)18)9-3-6-14-12-24-22(27-20(14)19)25-15-7-5-11-23-13-15/h4,8,10,12,15,23,26H,3,5-7,9,11,13H2,1-2H3,(H,24,25,27)/t15-/m0/s1. The van der Waals surface area contributed by atoms with Crippen LogP contribution in [0.5, 0.6) is 0 Å². The van der Waals surface area contributed by atoms with Crippen LogP contribution in [0.2, 0.25) is 0 Å². The molecule has 7 heteroatoms. The highest BCUT2D eigenvalue weighted by Crippen LogP contribution is 2.42. The molecule has 1 saturated heterocycles. The van der Waals surface area contributed by atoms with Crippen LogP contribution in [0, 0.1) is 0 Å². The number of fused-ring (bicyclic) bond motifs is 5. The molecule has 2 aliphatic rings. The van der Waals surface area contributed by atoms with Crippen molar-refractivity contribution >= 4 is 29.3 Å². The molecule has 1 atom stereocenters. The van der Waals surface area contributed by atoms with E-state index in [2.05, 4.69) is 26.7 Å². The number of aromatic nitrogens is 3. The van der Waals surface area contributed by atoms with Gasteiger partial charge in [-0.25, -0.2) is 9.97 Å². The molecule has 0 saturated carbocycles. The van der Waals surface area contributed by atoms with E-state index in [-0.39, 0.29) is 0 Å². The van der Waals surface area contributed by atoms with E-state index in [1.54, 1.807) is 0 Å². The minimum absolute atomic E-state index is 0.368. The van der Waals surface area contributed by atoms with E-state index in [4.69, 9.17) is 4.98 Å². The predicted molar refractivity (Wildman–Crippen MR) is 120 cm³/mol. The largest absolute Gasteiger partial charge is 0.357 e. The first kappa shape index (κ1) is 18.8. The van der Waals surface area contributed by atoms with Gasteiger partial charge >= 0.3 is 0 Å². The van der Waals surface area contributed by atoms with E-state index in [0.717, 1.165) is 66.2 Å². The summed E-state index contributed by atoms with van der Waals surface area (Å²) in [6.45, 7) is 5.71. The Morgan fingerprint density at radius 1 is 1.21 bits per heavy atom. The zero-order chi connectivity index (χ0) is 20.0. The summed E-state index contributed by atoms with van der Waals surface area (Å²) in [4.78, 5) is 13.2. The van der Waals surface area contributed by atoms with Gasteiger partial charge in [-0.2, -0.15) is 0 Å². The molecule has 1 aromatic carbocycles. The van der Waals surface area contributed by atoms with E-state index >= 15 is 0 Å². The molecule has 29 heavy (non-hydrogen) atoms. The van der Waals surface area contributed by atoms with Crippen molar-refractivity contribution in [1.82, 2.24) is 20.3 Å². The van der Waals surface area contributed by atoms with Crippen LogP contribution in [0.25, 0.3) is 22.2 Å². The SMILES string of the molecule is CP(C)(=O)c1cccc2c3c([nH]c12)CCCc1cnc(N[C@H]2CCCNC2)nc1-3. The maximum Gasteiger partial charge on any atom is 0.223 e. The Morgan fingerprint density at radius 2 is 2.10 bits per heavy atom. The molecule has 5 rings (SSSR count). The smallest absolute Gasteiger partial charge is 0.223 e. The zero-order valence-corrected chi connectivity index (χ0v) is 18.0. The summed E-state index contributed by atoms with van der Waals surface area (Å²) < 4.78 is 12.9. The molecule has 0 amide bonds. The van der Waals surface area contributed by atoms with Gasteiger partial charge in [0.25, 0.3) is 0 Å². The minimum atomic E-state index is -2.38. The van der Waals surface area contributed by atoms with Gasteiger partial charge in [-0.05, 0) is 63.6 Å². The van der Waals surface area contributed by atoms with Gasteiger partial charge in [0.2, 0.25) is 5.95 Å². The number of hydrogen-bond donors (Lipinski definition) is 3. The van der Waals surface area contributed by atoms with Crippen molar-refractivity contribution < 1.29 is 4.57 Å². The molecule has 1 fully saturated rings. The Balaban J connectivity index is 1.64. The van der Waals surface area contributed by atoms with Crippen molar-refractivity contribution in [2.45, 2.75) is 38.1 Å². The summed E-state index contributed by atoms with van der Waals surface area (Å²) in [5, 5.41) is 8.99. The number of rotatable bonds is 3. The first-order chi connectivity index (χ1) is 14.0. The molecule has 0 spiro atoms. The van der Waals surface area contributed by atoms with Crippen molar-refractivity contribution in [3.05, 3.63) is 35.7 Å². The number of hydrogen-bond acceptors (Lipinski definition) is 5. The van der Waals surface area contributed by atoms with Crippen molar-refractivity contribution in [1.29, 1.82) is 0 Å². The summed E-state index contributed by atoms with van der Waals surface area (Å²) in [6.07, 6.45) is 7.30. The number of nitrogens with one attached hydrogen (secondary N) is 3. The molecule has 3 aromatic rings. The third-order valence-electron chi connectivity index (χ3n) is 6.07. The Kier molecular flexibility index (Phi) is 4.72. The molecule has 2 aromatic heterocycles. The lowest BCUT2D eigenvalue weighted by atomic mass is 10.0. The van der Waals surface area contributed by atoms with Crippen LogP contribution in [-0.4, -0.2) is 47.4 Å². The van der Waals surface area contributed by atoms with Crippen molar-refractivity contribution in [2.75, 3.05) is 31.7 Å². The van der Waals surface area contributed by atoms with E-state index in [0.29, 0.717) is 12.0 Å². The fourth-order valence-corrected chi connectivity index (χ4v) is 5.81. The number of piperidine rings is 1. The van der Waals surface area contributed by atoms with Crippen LogP contribution < -0.4 is 15.9 Å². The maximum absolute atomic E-state index is 12.9. The fourth-order valence-electron chi connectivity index (χ4n) is 4.65. The molecule has 152 valence electrons. The van der Waals surface area contributed by atoms with Gasteiger partial charge in [-0.1, -0.05) is 12.1 Å². The topological polar surface area (TPSA) is 82.7 Å². The second-order valence-corrected chi connectivity index (χ2v) is 11.8. The highest BCUT2D eigenvalue weighted by atomic mass is 31.2. The average Bonchev–Trinajstić information content (AvgIpc) is 2.97. The maximum atomic E-state index is 12.9. The lowest BCUT2D eigenvalue weighted by Gasteiger charge is -2.24. The summed E-state index contributed by atoms with van der Waals surface area (Å²) in [5.41, 5.74) is 5.57. The molecule has 0 bridgehead atoms. The van der Waals surface area contributed by atoms with Crippen LogP contribution in [0.1, 0.15) is 30.5 Å². The van der Waals surface area contributed by atoms with Gasteiger partial charge in [0, 0.05) is 40.7 Å². The summed E-state index contributed by atoms with van der Waals surface area (Å²) in [6, 6.07) is 6.50. The quantitative estimate of drug-likeness (QED) is 0.577. The predicted octanol–water partition coefficient (Wildman–Crippen LogP) is 3.53. The Bertz CT molecular complexity index is 1110. The zero-order valence-electron chi connectivity index (χ0n) is 17.1.